The monoisotopic (exact) mass is 600 g/mol. The van der Waals surface area contributed by atoms with Crippen molar-refractivity contribution < 1.29 is 29.0 Å². The summed E-state index contributed by atoms with van der Waals surface area (Å²) in [4.78, 5) is 46.1. The Morgan fingerprint density at radius 3 is 2.64 bits per heavy atom. The van der Waals surface area contributed by atoms with Gasteiger partial charge in [0, 0.05) is 6.54 Å². The Bertz CT molecular complexity index is 1200. The Kier molecular flexibility index (Phi) is 9.90. The molecule has 0 aliphatic carbocycles. The van der Waals surface area contributed by atoms with E-state index in [1.807, 2.05) is 45.9 Å². The molecule has 4 rings (SSSR count). The van der Waals surface area contributed by atoms with Crippen LogP contribution in [0.25, 0.3) is 0 Å². The molecule has 1 aromatic rings. The number of rotatable bonds is 14. The number of aliphatic hydroxyl groups excluding tert-OH is 1. The summed E-state index contributed by atoms with van der Waals surface area (Å²) < 4.78 is 12.5. The van der Waals surface area contributed by atoms with Gasteiger partial charge < -0.3 is 24.4 Å². The highest BCUT2D eigenvalue weighted by Gasteiger charge is 2.79. The van der Waals surface area contributed by atoms with Gasteiger partial charge in [0.25, 0.3) is 5.91 Å². The standard InChI is InChI=1S/C33H45ClN2O6/c1-7-10-11-12-19-41-31(40)26-25-29(38)36(24(20-37)21(4)9-3)28(33(25)17-16-32(26,6)42-33)30(39)35(18-8-2)27-22(5)14-13-15-23(27)34/h7-8,13-15,21,24-26,28,37H,1-2,9-12,16-20H2,3-6H3/t21-,24-,25-,26+,28?,32-,33?/m0/s1. The summed E-state index contributed by atoms with van der Waals surface area (Å²) in [7, 11) is 0. The van der Waals surface area contributed by atoms with E-state index in [0.29, 0.717) is 36.4 Å². The number of aryl methyl sites for hydroxylation is 1. The van der Waals surface area contributed by atoms with E-state index in [4.69, 9.17) is 21.1 Å². The van der Waals surface area contributed by atoms with Crippen molar-refractivity contribution >= 4 is 35.1 Å². The molecule has 3 aliphatic rings. The van der Waals surface area contributed by atoms with Crippen molar-refractivity contribution in [1.82, 2.24) is 4.90 Å². The van der Waals surface area contributed by atoms with Gasteiger partial charge in [-0.05, 0) is 63.5 Å². The molecule has 3 fully saturated rings. The number of esters is 1. The van der Waals surface area contributed by atoms with Crippen LogP contribution in [0.1, 0.15) is 64.9 Å². The van der Waals surface area contributed by atoms with Gasteiger partial charge >= 0.3 is 5.97 Å². The van der Waals surface area contributed by atoms with Gasteiger partial charge in [-0.2, -0.15) is 0 Å². The molecule has 2 bridgehead atoms. The topological polar surface area (TPSA) is 96.4 Å². The highest BCUT2D eigenvalue weighted by molar-refractivity contribution is 6.34. The zero-order valence-electron chi connectivity index (χ0n) is 25.3. The van der Waals surface area contributed by atoms with E-state index in [2.05, 4.69) is 13.2 Å². The number of para-hydroxylation sites is 1. The van der Waals surface area contributed by atoms with Crippen LogP contribution >= 0.6 is 11.6 Å². The van der Waals surface area contributed by atoms with E-state index in [1.165, 1.54) is 4.90 Å². The Morgan fingerprint density at radius 2 is 2.02 bits per heavy atom. The minimum Gasteiger partial charge on any atom is -0.465 e. The molecule has 3 heterocycles. The van der Waals surface area contributed by atoms with Crippen molar-refractivity contribution in [1.29, 1.82) is 0 Å². The third-order valence-corrected chi connectivity index (χ3v) is 9.94. The number of nitrogens with zero attached hydrogens (tertiary/aromatic N) is 2. The first-order valence-corrected chi connectivity index (χ1v) is 15.5. The number of ether oxygens (including phenoxy) is 2. The number of allylic oxidation sites excluding steroid dienone is 1. The van der Waals surface area contributed by atoms with Crippen LogP contribution in [0, 0.1) is 24.7 Å². The van der Waals surface area contributed by atoms with Crippen LogP contribution < -0.4 is 4.90 Å². The predicted molar refractivity (Wildman–Crippen MR) is 163 cm³/mol. The number of hydrogen-bond acceptors (Lipinski definition) is 6. The molecular weight excluding hydrogens is 556 g/mol. The molecular formula is C33H45ClN2O6. The first-order valence-electron chi connectivity index (χ1n) is 15.1. The van der Waals surface area contributed by atoms with E-state index in [1.54, 1.807) is 17.0 Å². The molecule has 1 N–H and O–H groups in total. The molecule has 2 amide bonds. The number of fused-ring (bicyclic) bond motifs is 1. The fraction of sp³-hybridized carbons (Fsp3) is 0.606. The number of hydrogen-bond donors (Lipinski definition) is 1. The second-order valence-corrected chi connectivity index (χ2v) is 12.6. The number of anilines is 1. The van der Waals surface area contributed by atoms with E-state index < -0.39 is 41.1 Å². The van der Waals surface area contributed by atoms with Gasteiger partial charge in [-0.15, -0.1) is 13.2 Å². The normalized spacial score (nSPS) is 29.2. The molecule has 3 saturated heterocycles. The van der Waals surface area contributed by atoms with Gasteiger partial charge in [0.05, 0.1) is 41.5 Å². The van der Waals surface area contributed by atoms with Crippen molar-refractivity contribution in [3.63, 3.8) is 0 Å². The summed E-state index contributed by atoms with van der Waals surface area (Å²) in [6.07, 6.45) is 7.43. The minimum atomic E-state index is -1.25. The number of unbranched alkanes of at least 4 members (excludes halogenated alkanes) is 2. The first-order chi connectivity index (χ1) is 20.0. The molecule has 2 unspecified atom stereocenters. The highest BCUT2D eigenvalue weighted by Crippen LogP contribution is 2.64. The third kappa shape index (κ3) is 5.31. The summed E-state index contributed by atoms with van der Waals surface area (Å²) in [5, 5.41) is 11.0. The lowest BCUT2D eigenvalue weighted by molar-refractivity contribution is -0.161. The van der Waals surface area contributed by atoms with Crippen LogP contribution in [0.3, 0.4) is 0 Å². The van der Waals surface area contributed by atoms with Gasteiger partial charge in [-0.1, -0.05) is 56.2 Å². The Morgan fingerprint density at radius 1 is 1.29 bits per heavy atom. The quantitative estimate of drug-likeness (QED) is 0.178. The van der Waals surface area contributed by atoms with E-state index in [0.717, 1.165) is 18.4 Å². The molecule has 1 aromatic carbocycles. The van der Waals surface area contributed by atoms with E-state index in [-0.39, 0.29) is 37.5 Å². The molecule has 0 aromatic heterocycles. The lowest BCUT2D eigenvalue weighted by Crippen LogP contribution is -2.60. The Hall–Kier alpha value is -2.68. The second-order valence-electron chi connectivity index (χ2n) is 12.2. The number of carbonyl (C=O) groups excluding carboxylic acids is 3. The number of carbonyl (C=O) groups is 3. The van der Waals surface area contributed by atoms with Gasteiger partial charge in [0.15, 0.2) is 0 Å². The number of likely N-dealkylation sites (tertiary alicyclic amines) is 1. The van der Waals surface area contributed by atoms with Gasteiger partial charge in [-0.3, -0.25) is 14.4 Å². The van der Waals surface area contributed by atoms with Crippen LogP contribution in [0.15, 0.2) is 43.5 Å². The summed E-state index contributed by atoms with van der Waals surface area (Å²) in [5.41, 5.74) is -0.859. The lowest BCUT2D eigenvalue weighted by atomic mass is 9.66. The number of amides is 2. The lowest BCUT2D eigenvalue weighted by Gasteiger charge is -2.41. The van der Waals surface area contributed by atoms with E-state index in [9.17, 15) is 19.5 Å². The van der Waals surface area contributed by atoms with Crippen LogP contribution in [0.2, 0.25) is 5.02 Å². The molecule has 0 radical (unpaired) electrons. The fourth-order valence-electron chi connectivity index (χ4n) is 7.36. The maximum Gasteiger partial charge on any atom is 0.312 e. The minimum absolute atomic E-state index is 0.109. The largest absolute Gasteiger partial charge is 0.465 e. The maximum atomic E-state index is 14.8. The van der Waals surface area contributed by atoms with E-state index >= 15 is 0 Å². The molecule has 1 spiro atoms. The first kappa shape index (κ1) is 32.2. The van der Waals surface area contributed by atoms with Crippen molar-refractivity contribution in [3.8, 4) is 0 Å². The Labute approximate surface area is 254 Å². The molecule has 8 nitrogen and oxygen atoms in total. The summed E-state index contributed by atoms with van der Waals surface area (Å²) in [6.45, 7) is 15.3. The number of halogens is 1. The second kappa shape index (κ2) is 12.9. The van der Waals surface area contributed by atoms with Crippen LogP contribution in [-0.4, -0.2) is 70.8 Å². The predicted octanol–water partition coefficient (Wildman–Crippen LogP) is 5.24. The number of benzene rings is 1. The molecule has 0 saturated carbocycles. The molecule has 42 heavy (non-hydrogen) atoms. The highest BCUT2D eigenvalue weighted by atomic mass is 35.5. The Balaban J connectivity index is 1.80. The van der Waals surface area contributed by atoms with Crippen molar-refractivity contribution in [2.24, 2.45) is 17.8 Å². The molecule has 7 atom stereocenters. The number of aliphatic hydroxyl groups is 1. The van der Waals surface area contributed by atoms with Gasteiger partial charge in [-0.25, -0.2) is 0 Å². The zero-order chi connectivity index (χ0) is 30.8. The smallest absolute Gasteiger partial charge is 0.312 e. The van der Waals surface area contributed by atoms with Crippen molar-refractivity contribution in [2.75, 3.05) is 24.7 Å². The molecule has 3 aliphatic heterocycles. The SMILES string of the molecule is C=CCCCCOC(=O)[C@H]1[C@H]2C(=O)N([C@@H](CO)[C@@H](C)CC)C(C(=O)N(CC=C)c3c(C)cccc3Cl)C23CC[C@]1(C)O3. The molecule has 230 valence electrons. The van der Waals surface area contributed by atoms with Crippen LogP contribution in [0.4, 0.5) is 5.69 Å². The molecule has 9 heteroatoms. The zero-order valence-corrected chi connectivity index (χ0v) is 26.1. The maximum absolute atomic E-state index is 14.8. The average molecular weight is 601 g/mol. The summed E-state index contributed by atoms with van der Waals surface area (Å²) in [6, 6.07) is 3.71. The van der Waals surface area contributed by atoms with Gasteiger partial charge in [0.2, 0.25) is 5.91 Å². The van der Waals surface area contributed by atoms with Crippen molar-refractivity contribution in [3.05, 3.63) is 54.1 Å². The average Bonchev–Trinajstić information content (AvgIpc) is 3.53. The summed E-state index contributed by atoms with van der Waals surface area (Å²) >= 11 is 6.65. The fourth-order valence-corrected chi connectivity index (χ4v) is 7.68. The van der Waals surface area contributed by atoms with Crippen molar-refractivity contribution in [2.45, 2.75) is 89.5 Å². The van der Waals surface area contributed by atoms with Crippen LogP contribution in [-0.2, 0) is 23.9 Å². The van der Waals surface area contributed by atoms with Crippen LogP contribution in [0.5, 0.6) is 0 Å². The summed E-state index contributed by atoms with van der Waals surface area (Å²) in [5.74, 6) is -3.06. The van der Waals surface area contributed by atoms with Gasteiger partial charge in [0.1, 0.15) is 17.6 Å². The third-order valence-electron chi connectivity index (χ3n) is 9.63.